The molecule has 1 aliphatic carbocycles. The van der Waals surface area contributed by atoms with Gasteiger partial charge in [-0.15, -0.1) is 0 Å². The zero-order valence-electron chi connectivity index (χ0n) is 16.1. The average molecular weight is 439 g/mol. The van der Waals surface area contributed by atoms with Crippen molar-refractivity contribution in [1.29, 1.82) is 0 Å². The molecule has 7 heteroatoms. The van der Waals surface area contributed by atoms with E-state index < -0.39 is 17.0 Å². The summed E-state index contributed by atoms with van der Waals surface area (Å²) in [5.74, 6) is -0.284. The summed E-state index contributed by atoms with van der Waals surface area (Å²) in [6.45, 7) is 3.72. The van der Waals surface area contributed by atoms with Crippen molar-refractivity contribution in [2.75, 3.05) is 29.6 Å². The Kier molecular flexibility index (Phi) is 5.47. The smallest absolute Gasteiger partial charge is 0.142 e. The molecule has 1 spiro atoms. The van der Waals surface area contributed by atoms with Crippen LogP contribution in [0.2, 0.25) is 10.0 Å². The van der Waals surface area contributed by atoms with Crippen LogP contribution in [0.5, 0.6) is 0 Å². The minimum atomic E-state index is -0.544. The lowest BCUT2D eigenvalue weighted by Crippen LogP contribution is -2.60. The van der Waals surface area contributed by atoms with Gasteiger partial charge in [-0.3, -0.25) is 4.79 Å². The molecule has 1 aliphatic heterocycles. The number of hydrogen-bond acceptors (Lipinski definition) is 3. The van der Waals surface area contributed by atoms with Crippen LogP contribution in [0.15, 0.2) is 36.4 Å². The third-order valence-electron chi connectivity index (χ3n) is 6.06. The molecule has 1 heterocycles. The Morgan fingerprint density at radius 1 is 0.966 bits per heavy atom. The zero-order valence-corrected chi connectivity index (χ0v) is 17.6. The molecule has 1 saturated heterocycles. The number of anilines is 2. The van der Waals surface area contributed by atoms with Gasteiger partial charge in [0.1, 0.15) is 17.4 Å². The van der Waals surface area contributed by atoms with Gasteiger partial charge in [-0.1, -0.05) is 30.1 Å². The Morgan fingerprint density at radius 2 is 1.48 bits per heavy atom. The molecule has 1 atom stereocenters. The van der Waals surface area contributed by atoms with Crippen LogP contribution in [0.3, 0.4) is 0 Å². The van der Waals surface area contributed by atoms with Crippen molar-refractivity contribution in [3.8, 4) is 0 Å². The second-order valence-electron chi connectivity index (χ2n) is 8.29. The lowest BCUT2D eigenvalue weighted by Gasteiger charge is -2.51. The minimum absolute atomic E-state index is 0.0434. The molecule has 154 valence electrons. The molecule has 2 aliphatic rings. The fourth-order valence-electron chi connectivity index (χ4n) is 4.63. The van der Waals surface area contributed by atoms with E-state index in [0.29, 0.717) is 32.1 Å². The Labute approximate surface area is 179 Å². The molecule has 2 fully saturated rings. The molecule has 3 nitrogen and oxygen atoms in total. The maximum Gasteiger partial charge on any atom is 0.142 e. The fraction of sp³-hybridized carbons (Fsp3) is 0.409. The average Bonchev–Trinajstić information content (AvgIpc) is 2.69. The third kappa shape index (κ3) is 3.95. The number of Topliss-reactive ketones (excluding diaryl/α,β-unsaturated/α-hetero) is 1. The van der Waals surface area contributed by atoms with Gasteiger partial charge in [-0.05, 0) is 55.2 Å². The van der Waals surface area contributed by atoms with E-state index in [1.807, 2.05) is 9.80 Å². The van der Waals surface area contributed by atoms with Gasteiger partial charge in [-0.2, -0.15) is 0 Å². The largest absolute Gasteiger partial charge is 0.353 e. The Hall–Kier alpha value is -1.85. The van der Waals surface area contributed by atoms with Crippen LogP contribution >= 0.6 is 23.2 Å². The lowest BCUT2D eigenvalue weighted by molar-refractivity contribution is -0.132. The molecule has 0 aromatic heterocycles. The first-order valence-corrected chi connectivity index (χ1v) is 10.5. The van der Waals surface area contributed by atoms with Crippen LogP contribution in [0.4, 0.5) is 20.2 Å². The first kappa shape index (κ1) is 20.4. The molecule has 2 aromatic carbocycles. The van der Waals surface area contributed by atoms with E-state index in [1.165, 1.54) is 12.1 Å². The topological polar surface area (TPSA) is 23.6 Å². The fourth-order valence-corrected chi connectivity index (χ4v) is 4.98. The third-order valence-corrected chi connectivity index (χ3v) is 6.64. The number of benzene rings is 2. The zero-order chi connectivity index (χ0) is 20.8. The van der Waals surface area contributed by atoms with Crippen LogP contribution in [0, 0.1) is 23.0 Å². The van der Waals surface area contributed by atoms with Crippen molar-refractivity contribution in [3.63, 3.8) is 0 Å². The Balaban J connectivity index is 1.74. The maximum atomic E-state index is 13.7. The minimum Gasteiger partial charge on any atom is -0.353 e. The predicted molar refractivity (Wildman–Crippen MR) is 113 cm³/mol. The van der Waals surface area contributed by atoms with Crippen molar-refractivity contribution in [1.82, 2.24) is 0 Å². The summed E-state index contributed by atoms with van der Waals surface area (Å²) >= 11 is 12.0. The molecular weight excluding hydrogens is 417 g/mol. The second-order valence-corrected chi connectivity index (χ2v) is 9.10. The molecule has 0 bridgehead atoms. The van der Waals surface area contributed by atoms with E-state index in [0.717, 1.165) is 24.2 Å². The molecule has 0 N–H and O–H groups in total. The van der Waals surface area contributed by atoms with Crippen LogP contribution in [0.25, 0.3) is 0 Å². The summed E-state index contributed by atoms with van der Waals surface area (Å²) in [4.78, 5) is 17.2. The highest BCUT2D eigenvalue weighted by atomic mass is 35.5. The van der Waals surface area contributed by atoms with Gasteiger partial charge in [0.15, 0.2) is 0 Å². The van der Waals surface area contributed by atoms with Gasteiger partial charge < -0.3 is 9.80 Å². The van der Waals surface area contributed by atoms with Gasteiger partial charge in [0, 0.05) is 30.9 Å². The van der Waals surface area contributed by atoms with E-state index in [1.54, 1.807) is 24.3 Å². The summed E-state index contributed by atoms with van der Waals surface area (Å²) in [5.41, 5.74) is 0.955. The summed E-state index contributed by atoms with van der Waals surface area (Å²) in [5, 5.41) is 0.0867. The van der Waals surface area contributed by atoms with Gasteiger partial charge in [0.25, 0.3) is 0 Å². The first-order valence-electron chi connectivity index (χ1n) is 9.71. The number of ketones is 1. The van der Waals surface area contributed by atoms with Crippen LogP contribution in [-0.4, -0.2) is 25.5 Å². The second kappa shape index (κ2) is 7.77. The maximum absolute atomic E-state index is 13.7. The number of halogens is 4. The van der Waals surface area contributed by atoms with Crippen LogP contribution in [0.1, 0.15) is 26.2 Å². The van der Waals surface area contributed by atoms with Crippen molar-refractivity contribution < 1.29 is 13.6 Å². The Bertz CT molecular complexity index is 893. The van der Waals surface area contributed by atoms with Crippen molar-refractivity contribution >= 4 is 40.4 Å². The highest BCUT2D eigenvalue weighted by Gasteiger charge is 2.47. The van der Waals surface area contributed by atoms with E-state index in [4.69, 9.17) is 23.2 Å². The molecule has 1 saturated carbocycles. The molecule has 0 amide bonds. The van der Waals surface area contributed by atoms with E-state index in [9.17, 15) is 13.6 Å². The number of rotatable bonds is 2. The molecule has 4 rings (SSSR count). The number of hydrogen-bond donors (Lipinski definition) is 0. The van der Waals surface area contributed by atoms with Gasteiger partial charge >= 0.3 is 0 Å². The highest BCUT2D eigenvalue weighted by molar-refractivity contribution is 6.31. The SMILES string of the molecule is CC1CCC(=O)C2(C1)CN(c1ccc(F)c(Cl)c1)CN(c1ccc(F)c(Cl)c1)C2. The Morgan fingerprint density at radius 3 is 1.97 bits per heavy atom. The first-order chi connectivity index (χ1) is 13.8. The molecule has 29 heavy (non-hydrogen) atoms. The molecule has 1 unspecified atom stereocenters. The molecular formula is C22H22Cl2F2N2O. The van der Waals surface area contributed by atoms with Crippen LogP contribution in [-0.2, 0) is 4.79 Å². The van der Waals surface area contributed by atoms with Gasteiger partial charge in [0.2, 0.25) is 0 Å². The number of carbonyl (C=O) groups is 1. The van der Waals surface area contributed by atoms with E-state index >= 15 is 0 Å². The van der Waals surface area contributed by atoms with Crippen molar-refractivity contribution in [3.05, 3.63) is 58.1 Å². The summed E-state index contributed by atoms with van der Waals surface area (Å²) < 4.78 is 27.4. The highest BCUT2D eigenvalue weighted by Crippen LogP contribution is 2.43. The normalized spacial score (nSPS) is 21.7. The molecule has 0 radical (unpaired) electrons. The van der Waals surface area contributed by atoms with Crippen molar-refractivity contribution in [2.45, 2.75) is 26.2 Å². The standard InChI is InChI=1S/C22H22Cl2F2N2O/c1-14-2-7-21(29)22(10-14)11-27(15-3-5-19(25)17(23)8-15)13-28(12-22)16-4-6-20(26)18(24)9-16/h3-6,8-9,14H,2,7,10-13H2,1H3. The lowest BCUT2D eigenvalue weighted by atomic mass is 9.67. The summed E-state index contributed by atoms with van der Waals surface area (Å²) in [6.07, 6.45) is 2.23. The number of nitrogens with zero attached hydrogens (tertiary/aromatic N) is 2. The monoisotopic (exact) mass is 438 g/mol. The summed E-state index contributed by atoms with van der Waals surface area (Å²) in [7, 11) is 0. The van der Waals surface area contributed by atoms with Crippen molar-refractivity contribution in [2.24, 2.45) is 11.3 Å². The van der Waals surface area contributed by atoms with Crippen LogP contribution < -0.4 is 9.80 Å². The van der Waals surface area contributed by atoms with E-state index in [-0.39, 0.29) is 15.8 Å². The predicted octanol–water partition coefficient (Wildman–Crippen LogP) is 5.93. The van der Waals surface area contributed by atoms with Gasteiger partial charge in [0.05, 0.1) is 22.1 Å². The van der Waals surface area contributed by atoms with Gasteiger partial charge in [-0.25, -0.2) is 8.78 Å². The quantitative estimate of drug-likeness (QED) is 0.580. The van der Waals surface area contributed by atoms with E-state index in [2.05, 4.69) is 6.92 Å². The summed E-state index contributed by atoms with van der Waals surface area (Å²) in [6, 6.07) is 9.19. The molecule has 2 aromatic rings. The number of carbonyl (C=O) groups excluding carboxylic acids is 1.